The van der Waals surface area contributed by atoms with E-state index in [2.05, 4.69) is 41.5 Å². The van der Waals surface area contributed by atoms with Gasteiger partial charge in [0, 0.05) is 0 Å². The zero-order valence-corrected chi connectivity index (χ0v) is 22.7. The van der Waals surface area contributed by atoms with Gasteiger partial charge in [0.1, 0.15) is 0 Å². The Morgan fingerprint density at radius 2 is 0.852 bits per heavy atom. The van der Waals surface area contributed by atoms with Crippen molar-refractivity contribution in [3.05, 3.63) is 0 Å². The molecule has 0 spiro atoms. The van der Waals surface area contributed by atoms with E-state index in [0.29, 0.717) is 19.8 Å². The molecule has 0 aromatic carbocycles. The van der Waals surface area contributed by atoms with Gasteiger partial charge in [0.2, 0.25) is 0 Å². The van der Waals surface area contributed by atoms with Crippen molar-refractivity contribution in [1.29, 1.82) is 0 Å². The van der Waals surface area contributed by atoms with Crippen LogP contribution < -0.4 is 0 Å². The van der Waals surface area contributed by atoms with Crippen LogP contribution in [0.3, 0.4) is 0 Å². The zero-order chi connectivity index (χ0) is 20.4. The summed E-state index contributed by atoms with van der Waals surface area (Å²) in [6.45, 7) is 15.3. The first kappa shape index (κ1) is 27.9. The predicted octanol–water partition coefficient (Wildman–Crippen LogP) is 7.44. The Balaban J connectivity index is 5.66. The van der Waals surface area contributed by atoms with E-state index in [1.165, 1.54) is 56.7 Å². The first-order valence-electron chi connectivity index (χ1n) is 11.7. The summed E-state index contributed by atoms with van der Waals surface area (Å²) in [5.74, 6) is 0. The summed E-state index contributed by atoms with van der Waals surface area (Å²) in [5.41, 5.74) is 0. The second-order valence-corrected chi connectivity index (χ2v) is 17.8. The van der Waals surface area contributed by atoms with Gasteiger partial charge in [-0.2, -0.15) is 0 Å². The van der Waals surface area contributed by atoms with Crippen LogP contribution in [-0.2, 0) is 33.0 Å². The van der Waals surface area contributed by atoms with Gasteiger partial charge in [0.15, 0.2) is 0 Å². The second-order valence-electron chi connectivity index (χ2n) is 7.64. The normalized spacial score (nSPS) is 12.7. The molecule has 0 rings (SSSR count). The Labute approximate surface area is 178 Å². The SMILES string of the molecule is CCCC[Si](CCCC)(CCCC)[O][Zr]([O]CCC)([O]CCC)[O]CCC. The summed E-state index contributed by atoms with van der Waals surface area (Å²) >= 11 is -3.99. The monoisotopic (exact) mass is 482 g/mol. The molecule has 0 aromatic rings. The van der Waals surface area contributed by atoms with Crippen LogP contribution in [0.2, 0.25) is 18.1 Å². The number of hydrogen-bond acceptors (Lipinski definition) is 4. The molecule has 0 aliphatic heterocycles. The third-order valence-electron chi connectivity index (χ3n) is 4.75. The van der Waals surface area contributed by atoms with Gasteiger partial charge in [-0.3, -0.25) is 0 Å². The fourth-order valence-electron chi connectivity index (χ4n) is 3.18. The Morgan fingerprint density at radius 3 is 1.11 bits per heavy atom. The summed E-state index contributed by atoms with van der Waals surface area (Å²) in [6, 6.07) is 3.67. The van der Waals surface area contributed by atoms with Crippen molar-refractivity contribution in [2.75, 3.05) is 19.8 Å². The van der Waals surface area contributed by atoms with Crippen molar-refractivity contribution in [2.24, 2.45) is 0 Å². The first-order chi connectivity index (χ1) is 13.1. The van der Waals surface area contributed by atoms with Gasteiger partial charge in [-0.1, -0.05) is 0 Å². The molecule has 6 heteroatoms. The van der Waals surface area contributed by atoms with E-state index in [1.54, 1.807) is 0 Å². The van der Waals surface area contributed by atoms with E-state index in [0.717, 1.165) is 19.3 Å². The van der Waals surface area contributed by atoms with E-state index in [1.807, 2.05) is 0 Å². The van der Waals surface area contributed by atoms with Crippen LogP contribution >= 0.6 is 0 Å². The number of unbranched alkanes of at least 4 members (excludes halogenated alkanes) is 3. The molecule has 0 unspecified atom stereocenters. The molecule has 0 radical (unpaired) electrons. The Bertz CT molecular complexity index is 258. The van der Waals surface area contributed by atoms with Crippen LogP contribution in [-0.4, -0.2) is 28.1 Å². The Kier molecular flexibility index (Phi) is 18.4. The molecule has 0 aliphatic carbocycles. The molecule has 0 saturated heterocycles. The van der Waals surface area contributed by atoms with E-state index in [9.17, 15) is 0 Å². The molecule has 0 heterocycles. The van der Waals surface area contributed by atoms with Crippen molar-refractivity contribution in [2.45, 2.75) is 117 Å². The Morgan fingerprint density at radius 1 is 0.519 bits per heavy atom. The molecule has 0 fully saturated rings. The maximum atomic E-state index is 7.12. The molecule has 0 saturated carbocycles. The molecular weight excluding hydrogens is 436 g/mol. The molecule has 0 bridgehead atoms. The van der Waals surface area contributed by atoms with E-state index < -0.39 is 30.3 Å². The van der Waals surface area contributed by atoms with Gasteiger partial charge in [-0.25, -0.2) is 0 Å². The van der Waals surface area contributed by atoms with Crippen LogP contribution in [0.15, 0.2) is 0 Å². The number of hydrogen-bond donors (Lipinski definition) is 0. The molecule has 27 heavy (non-hydrogen) atoms. The average molecular weight is 484 g/mol. The van der Waals surface area contributed by atoms with E-state index in [-0.39, 0.29) is 0 Å². The van der Waals surface area contributed by atoms with Crippen LogP contribution in [0.5, 0.6) is 0 Å². The molecule has 0 aromatic heterocycles. The predicted molar refractivity (Wildman–Crippen MR) is 115 cm³/mol. The summed E-state index contributed by atoms with van der Waals surface area (Å²) < 4.78 is 26.2. The van der Waals surface area contributed by atoms with Gasteiger partial charge in [0.05, 0.1) is 0 Å². The van der Waals surface area contributed by atoms with Crippen molar-refractivity contribution < 1.29 is 33.0 Å². The quantitative estimate of drug-likeness (QED) is 0.169. The molecule has 0 atom stereocenters. The van der Waals surface area contributed by atoms with Crippen LogP contribution in [0.4, 0.5) is 0 Å². The second kappa shape index (κ2) is 17.8. The minimum absolute atomic E-state index is 0.684. The molecule has 0 N–H and O–H groups in total. The van der Waals surface area contributed by atoms with Gasteiger partial charge >= 0.3 is 179 Å². The topological polar surface area (TPSA) is 36.9 Å². The fourth-order valence-corrected chi connectivity index (χ4v) is 19.4. The third-order valence-corrected chi connectivity index (χ3v) is 18.4. The summed E-state index contributed by atoms with van der Waals surface area (Å²) in [4.78, 5) is 0. The summed E-state index contributed by atoms with van der Waals surface area (Å²) in [6.07, 6.45) is 10.3. The molecule has 0 amide bonds. The van der Waals surface area contributed by atoms with Crippen molar-refractivity contribution in [1.82, 2.24) is 0 Å². The number of rotatable bonds is 20. The molecule has 164 valence electrons. The van der Waals surface area contributed by atoms with Crippen molar-refractivity contribution in [3.8, 4) is 0 Å². The zero-order valence-electron chi connectivity index (χ0n) is 19.2. The third kappa shape index (κ3) is 12.3. The Hall–Kier alpha value is 0.940. The van der Waals surface area contributed by atoms with Gasteiger partial charge < -0.3 is 0 Å². The van der Waals surface area contributed by atoms with Crippen molar-refractivity contribution >= 4 is 8.32 Å². The maximum absolute atomic E-state index is 7.12. The average Bonchev–Trinajstić information content (AvgIpc) is 2.70. The first-order valence-corrected chi connectivity index (χ1v) is 18.2. The molecule has 0 aliphatic rings. The minimum atomic E-state index is -3.99. The van der Waals surface area contributed by atoms with Crippen LogP contribution in [0, 0.1) is 0 Å². The van der Waals surface area contributed by atoms with E-state index in [4.69, 9.17) is 10.9 Å². The van der Waals surface area contributed by atoms with Gasteiger partial charge in [0.25, 0.3) is 0 Å². The van der Waals surface area contributed by atoms with Crippen LogP contribution in [0.25, 0.3) is 0 Å². The van der Waals surface area contributed by atoms with Gasteiger partial charge in [-0.05, 0) is 0 Å². The summed E-state index contributed by atoms with van der Waals surface area (Å²) in [5, 5.41) is 0. The van der Waals surface area contributed by atoms with Crippen LogP contribution in [0.1, 0.15) is 99.3 Å². The standard InChI is InChI=1S/C12H27OSi.3C3H7O.Zr/c1-4-7-10-14(13,11-8-5-2)12-9-6-3;3*1-2-3-4;/h4-12H2,1-3H3;3*2-3H2,1H3;/q4*-1;+4. The molecular formula is C21H48O4SiZr. The summed E-state index contributed by atoms with van der Waals surface area (Å²) in [7, 11) is -1.93. The van der Waals surface area contributed by atoms with Crippen molar-refractivity contribution in [3.63, 3.8) is 0 Å². The van der Waals surface area contributed by atoms with Gasteiger partial charge in [-0.15, -0.1) is 0 Å². The molecule has 4 nitrogen and oxygen atoms in total. The van der Waals surface area contributed by atoms with E-state index >= 15 is 0 Å². The fraction of sp³-hybridized carbons (Fsp3) is 1.00.